The van der Waals surface area contributed by atoms with Crippen molar-refractivity contribution in [1.82, 2.24) is 20.5 Å². The summed E-state index contributed by atoms with van der Waals surface area (Å²) in [5.74, 6) is 0.368. The summed E-state index contributed by atoms with van der Waals surface area (Å²) in [6, 6.07) is 5.79. The van der Waals surface area contributed by atoms with Gasteiger partial charge in [0.2, 0.25) is 0 Å². The first-order chi connectivity index (χ1) is 10.7. The molecule has 0 unspecified atom stereocenters. The van der Waals surface area contributed by atoms with Crippen molar-refractivity contribution in [2.45, 2.75) is 45.6 Å². The second-order valence-corrected chi connectivity index (χ2v) is 6.02. The first-order valence-corrected chi connectivity index (χ1v) is 7.95. The lowest BCUT2D eigenvalue weighted by atomic mass is 10.0. The van der Waals surface area contributed by atoms with Crippen LogP contribution in [0.5, 0.6) is 0 Å². The maximum absolute atomic E-state index is 12.5. The second kappa shape index (κ2) is 6.30. The lowest BCUT2D eigenvalue weighted by Crippen LogP contribution is -2.31. The number of carbonyl (C=O) groups excluding carboxylic acids is 1. The molecule has 0 bridgehead atoms. The Balaban J connectivity index is 1.76. The minimum atomic E-state index is -0.124. The van der Waals surface area contributed by atoms with Crippen LogP contribution in [0.1, 0.15) is 59.7 Å². The van der Waals surface area contributed by atoms with Gasteiger partial charge in [-0.1, -0.05) is 19.4 Å². The van der Waals surface area contributed by atoms with E-state index in [4.69, 9.17) is 0 Å². The molecule has 0 radical (unpaired) electrons. The molecule has 116 valence electrons. The maximum Gasteiger partial charge on any atom is 0.272 e. The number of aryl methyl sites for hydroxylation is 2. The molecule has 1 fully saturated rings. The molecule has 3 rings (SSSR count). The van der Waals surface area contributed by atoms with E-state index in [1.165, 1.54) is 0 Å². The van der Waals surface area contributed by atoms with Crippen molar-refractivity contribution >= 4 is 5.91 Å². The molecule has 0 spiro atoms. The average molecular weight is 298 g/mol. The Bertz CT molecular complexity index is 660. The third-order valence-electron chi connectivity index (χ3n) is 4.11. The molecule has 1 aliphatic rings. The van der Waals surface area contributed by atoms with E-state index in [1.807, 2.05) is 25.1 Å². The van der Waals surface area contributed by atoms with E-state index in [0.717, 1.165) is 42.6 Å². The van der Waals surface area contributed by atoms with Crippen LogP contribution in [0.2, 0.25) is 0 Å². The van der Waals surface area contributed by atoms with Crippen LogP contribution in [0.4, 0.5) is 0 Å². The summed E-state index contributed by atoms with van der Waals surface area (Å²) >= 11 is 0. The molecule has 1 amide bonds. The van der Waals surface area contributed by atoms with E-state index in [1.54, 1.807) is 6.20 Å². The van der Waals surface area contributed by atoms with Gasteiger partial charge in [0.25, 0.3) is 5.91 Å². The summed E-state index contributed by atoms with van der Waals surface area (Å²) in [6.45, 7) is 4.14. The van der Waals surface area contributed by atoms with E-state index < -0.39 is 0 Å². The SMILES string of the molecule is CCCc1cc(C(=O)N[C@H](c2ncccc2C)C2CC2)n[nH]1. The standard InChI is InChI=1S/C17H22N4O/c1-3-5-13-10-14(21-20-13)17(22)19-16(12-7-8-12)15-11(2)6-4-9-18-15/h4,6,9-10,12,16H,3,5,7-8H2,1-2H3,(H,19,22)(H,20,21)/t16-/m0/s1. The fourth-order valence-electron chi connectivity index (χ4n) is 2.75. The summed E-state index contributed by atoms with van der Waals surface area (Å²) in [6.07, 6.45) is 6.01. The molecule has 1 aliphatic carbocycles. The number of aromatic nitrogens is 3. The predicted octanol–water partition coefficient (Wildman–Crippen LogP) is 2.95. The van der Waals surface area contributed by atoms with Crippen LogP contribution in [0, 0.1) is 12.8 Å². The van der Waals surface area contributed by atoms with Crippen LogP contribution in [0.3, 0.4) is 0 Å². The van der Waals surface area contributed by atoms with E-state index >= 15 is 0 Å². The topological polar surface area (TPSA) is 70.7 Å². The average Bonchev–Trinajstić information content (AvgIpc) is 3.25. The number of aromatic amines is 1. The Kier molecular flexibility index (Phi) is 4.22. The highest BCUT2D eigenvalue weighted by Crippen LogP contribution is 2.41. The van der Waals surface area contributed by atoms with Crippen molar-refractivity contribution in [2.24, 2.45) is 5.92 Å². The summed E-state index contributed by atoms with van der Waals surface area (Å²) in [4.78, 5) is 16.9. The number of hydrogen-bond donors (Lipinski definition) is 2. The fraction of sp³-hybridized carbons (Fsp3) is 0.471. The molecule has 5 heteroatoms. The lowest BCUT2D eigenvalue weighted by molar-refractivity contribution is 0.0925. The van der Waals surface area contributed by atoms with Crippen molar-refractivity contribution in [3.05, 3.63) is 47.0 Å². The van der Waals surface area contributed by atoms with Gasteiger partial charge < -0.3 is 5.32 Å². The Morgan fingerprint density at radius 1 is 1.50 bits per heavy atom. The van der Waals surface area contributed by atoms with E-state index in [9.17, 15) is 4.79 Å². The van der Waals surface area contributed by atoms with Crippen LogP contribution in [0.25, 0.3) is 0 Å². The lowest BCUT2D eigenvalue weighted by Gasteiger charge is -2.18. The van der Waals surface area contributed by atoms with Gasteiger partial charge in [-0.3, -0.25) is 14.9 Å². The number of hydrogen-bond acceptors (Lipinski definition) is 3. The molecule has 2 aromatic rings. The molecule has 2 heterocycles. The number of nitrogens with zero attached hydrogens (tertiary/aromatic N) is 2. The van der Waals surface area contributed by atoms with Gasteiger partial charge >= 0.3 is 0 Å². The molecular weight excluding hydrogens is 276 g/mol. The fourth-order valence-corrected chi connectivity index (χ4v) is 2.75. The predicted molar refractivity (Wildman–Crippen MR) is 84.5 cm³/mol. The molecule has 1 atom stereocenters. The molecule has 0 saturated heterocycles. The minimum Gasteiger partial charge on any atom is -0.342 e. The summed E-state index contributed by atoms with van der Waals surface area (Å²) in [7, 11) is 0. The van der Waals surface area contributed by atoms with Crippen molar-refractivity contribution in [2.75, 3.05) is 0 Å². The van der Waals surface area contributed by atoms with Crippen LogP contribution in [0.15, 0.2) is 24.4 Å². The molecular formula is C17H22N4O. The number of amides is 1. The van der Waals surface area contributed by atoms with Gasteiger partial charge in [-0.15, -0.1) is 0 Å². The smallest absolute Gasteiger partial charge is 0.272 e. The normalized spacial score (nSPS) is 15.5. The molecule has 1 saturated carbocycles. The summed E-state index contributed by atoms with van der Waals surface area (Å²) in [5, 5.41) is 10.2. The number of pyridine rings is 1. The summed E-state index contributed by atoms with van der Waals surface area (Å²) < 4.78 is 0. The van der Waals surface area contributed by atoms with Crippen molar-refractivity contribution < 1.29 is 4.79 Å². The molecule has 2 N–H and O–H groups in total. The molecule has 0 aromatic carbocycles. The van der Waals surface area contributed by atoms with E-state index in [2.05, 4.69) is 27.4 Å². The van der Waals surface area contributed by atoms with Gasteiger partial charge in [0.1, 0.15) is 5.69 Å². The minimum absolute atomic E-state index is 0.0139. The van der Waals surface area contributed by atoms with Gasteiger partial charge in [-0.25, -0.2) is 0 Å². The highest BCUT2D eigenvalue weighted by Gasteiger charge is 2.35. The van der Waals surface area contributed by atoms with Crippen molar-refractivity contribution in [3.63, 3.8) is 0 Å². The Morgan fingerprint density at radius 3 is 3.00 bits per heavy atom. The number of nitrogens with one attached hydrogen (secondary N) is 2. The Hall–Kier alpha value is -2.17. The Morgan fingerprint density at radius 2 is 2.32 bits per heavy atom. The highest BCUT2D eigenvalue weighted by molar-refractivity contribution is 5.92. The molecule has 5 nitrogen and oxygen atoms in total. The van der Waals surface area contributed by atoms with Gasteiger partial charge in [0.05, 0.1) is 11.7 Å². The van der Waals surface area contributed by atoms with E-state index in [0.29, 0.717) is 11.6 Å². The van der Waals surface area contributed by atoms with Crippen LogP contribution < -0.4 is 5.32 Å². The third-order valence-corrected chi connectivity index (χ3v) is 4.11. The monoisotopic (exact) mass is 298 g/mol. The summed E-state index contributed by atoms with van der Waals surface area (Å²) in [5.41, 5.74) is 3.56. The third kappa shape index (κ3) is 3.18. The largest absolute Gasteiger partial charge is 0.342 e. The quantitative estimate of drug-likeness (QED) is 0.861. The second-order valence-electron chi connectivity index (χ2n) is 6.02. The Labute approximate surface area is 130 Å². The van der Waals surface area contributed by atoms with Gasteiger partial charge in [-0.2, -0.15) is 5.10 Å². The van der Waals surface area contributed by atoms with Crippen molar-refractivity contribution in [3.8, 4) is 0 Å². The van der Waals surface area contributed by atoms with Crippen LogP contribution >= 0.6 is 0 Å². The highest BCUT2D eigenvalue weighted by atomic mass is 16.2. The zero-order valence-corrected chi connectivity index (χ0v) is 13.1. The molecule has 22 heavy (non-hydrogen) atoms. The maximum atomic E-state index is 12.5. The van der Waals surface area contributed by atoms with Gasteiger partial charge in [-0.05, 0) is 49.8 Å². The van der Waals surface area contributed by atoms with Crippen molar-refractivity contribution in [1.29, 1.82) is 0 Å². The number of carbonyl (C=O) groups is 1. The molecule has 2 aromatic heterocycles. The zero-order valence-electron chi connectivity index (χ0n) is 13.1. The van der Waals surface area contributed by atoms with E-state index in [-0.39, 0.29) is 11.9 Å². The first kappa shape index (κ1) is 14.8. The number of rotatable bonds is 6. The van der Waals surface area contributed by atoms with Gasteiger partial charge in [0.15, 0.2) is 0 Å². The zero-order chi connectivity index (χ0) is 15.5. The number of H-pyrrole nitrogens is 1. The van der Waals surface area contributed by atoms with Gasteiger partial charge in [0, 0.05) is 11.9 Å². The molecule has 0 aliphatic heterocycles. The van der Waals surface area contributed by atoms with Crippen LogP contribution in [-0.2, 0) is 6.42 Å². The van der Waals surface area contributed by atoms with Crippen LogP contribution in [-0.4, -0.2) is 21.1 Å². The first-order valence-electron chi connectivity index (χ1n) is 7.95.